The third-order valence-corrected chi connectivity index (χ3v) is 4.58. The van der Waals surface area contributed by atoms with Gasteiger partial charge in [-0.05, 0) is 72.5 Å². The summed E-state index contributed by atoms with van der Waals surface area (Å²) in [6.07, 6.45) is 2.35. The molecule has 1 heterocycles. The first-order valence-electron chi connectivity index (χ1n) is 7.29. The van der Waals surface area contributed by atoms with Gasteiger partial charge in [-0.25, -0.2) is 0 Å². The van der Waals surface area contributed by atoms with Crippen LogP contribution in [-0.4, -0.2) is 36.1 Å². The molecule has 2 nitrogen and oxygen atoms in total. The van der Waals surface area contributed by atoms with Gasteiger partial charge in [0.05, 0.1) is 0 Å². The molecule has 1 aromatic rings. The van der Waals surface area contributed by atoms with Crippen LogP contribution in [0.3, 0.4) is 0 Å². The molecule has 0 radical (unpaired) electrons. The summed E-state index contributed by atoms with van der Waals surface area (Å²) in [7, 11) is 2.25. The van der Waals surface area contributed by atoms with E-state index in [1.807, 2.05) is 11.3 Å². The Balaban J connectivity index is 2.32. The first kappa shape index (κ1) is 16.7. The first-order chi connectivity index (χ1) is 8.79. The Hall–Kier alpha value is -0.380. The van der Waals surface area contributed by atoms with Crippen LogP contribution < -0.4 is 5.32 Å². The average Bonchev–Trinajstić information content (AvgIpc) is 2.78. The molecule has 0 fully saturated rings. The van der Waals surface area contributed by atoms with Crippen molar-refractivity contribution >= 4 is 11.3 Å². The molecule has 1 N–H and O–H groups in total. The molecule has 0 aliphatic heterocycles. The number of likely N-dealkylation sites (N-methyl/N-ethyl adjacent to an activating group) is 1. The fraction of sp³-hybridized carbons (Fsp3) is 0.750. The highest BCUT2D eigenvalue weighted by atomic mass is 32.1. The maximum absolute atomic E-state index is 3.57. The molecular weight excluding hydrogens is 252 g/mol. The summed E-state index contributed by atoms with van der Waals surface area (Å²) in [6.45, 7) is 12.4. The molecule has 2 unspecified atom stereocenters. The summed E-state index contributed by atoms with van der Waals surface area (Å²) < 4.78 is 0. The van der Waals surface area contributed by atoms with Crippen molar-refractivity contribution in [2.75, 3.05) is 13.6 Å². The fourth-order valence-electron chi connectivity index (χ4n) is 2.16. The van der Waals surface area contributed by atoms with Crippen LogP contribution in [0.2, 0.25) is 0 Å². The predicted molar refractivity (Wildman–Crippen MR) is 87.1 cm³/mol. The van der Waals surface area contributed by atoms with Crippen LogP contribution >= 0.6 is 11.3 Å². The van der Waals surface area contributed by atoms with Gasteiger partial charge in [0.2, 0.25) is 0 Å². The van der Waals surface area contributed by atoms with Crippen LogP contribution in [-0.2, 0) is 6.42 Å². The number of hydrogen-bond donors (Lipinski definition) is 1. The second kappa shape index (κ2) is 7.41. The molecule has 2 atom stereocenters. The number of rotatable bonds is 7. The van der Waals surface area contributed by atoms with Crippen LogP contribution in [0, 0.1) is 0 Å². The van der Waals surface area contributed by atoms with E-state index in [9.17, 15) is 0 Å². The third kappa shape index (κ3) is 6.55. The fourth-order valence-corrected chi connectivity index (χ4v) is 2.98. The average molecular weight is 282 g/mol. The monoisotopic (exact) mass is 282 g/mol. The van der Waals surface area contributed by atoms with Gasteiger partial charge in [-0.1, -0.05) is 6.07 Å². The van der Waals surface area contributed by atoms with E-state index in [1.165, 1.54) is 11.3 Å². The smallest absolute Gasteiger partial charge is 0.0115 e. The van der Waals surface area contributed by atoms with Crippen molar-refractivity contribution in [3.8, 4) is 0 Å². The number of nitrogens with one attached hydrogen (secondary N) is 1. The van der Waals surface area contributed by atoms with Crippen molar-refractivity contribution < 1.29 is 0 Å². The number of nitrogens with zero attached hydrogens (tertiary/aromatic N) is 1. The molecule has 0 aliphatic rings. The van der Waals surface area contributed by atoms with Crippen LogP contribution in [0.25, 0.3) is 0 Å². The van der Waals surface area contributed by atoms with Crippen LogP contribution in [0.1, 0.15) is 45.9 Å². The molecule has 3 heteroatoms. The predicted octanol–water partition coefficient (Wildman–Crippen LogP) is 3.78. The van der Waals surface area contributed by atoms with Crippen LogP contribution in [0.4, 0.5) is 0 Å². The summed E-state index contributed by atoms with van der Waals surface area (Å²) in [5, 5.41) is 5.73. The Morgan fingerprint density at radius 3 is 2.47 bits per heavy atom. The molecule has 19 heavy (non-hydrogen) atoms. The van der Waals surface area contributed by atoms with E-state index in [4.69, 9.17) is 0 Å². The lowest BCUT2D eigenvalue weighted by Crippen LogP contribution is -2.42. The van der Waals surface area contributed by atoms with E-state index in [-0.39, 0.29) is 5.54 Å². The molecule has 0 amide bonds. The van der Waals surface area contributed by atoms with Gasteiger partial charge in [0, 0.05) is 22.5 Å². The van der Waals surface area contributed by atoms with Crippen molar-refractivity contribution in [2.45, 2.75) is 65.1 Å². The van der Waals surface area contributed by atoms with Crippen molar-refractivity contribution in [3.63, 3.8) is 0 Å². The van der Waals surface area contributed by atoms with E-state index in [2.05, 4.69) is 69.4 Å². The first-order valence-corrected chi connectivity index (χ1v) is 8.17. The van der Waals surface area contributed by atoms with Crippen molar-refractivity contribution in [2.24, 2.45) is 0 Å². The SMILES string of the molecule is CC(CCNC(C)(C)C)N(C)C(C)Cc1cccs1. The molecule has 0 bridgehead atoms. The Kier molecular flexibility index (Phi) is 6.51. The second-order valence-electron chi connectivity index (χ2n) is 6.61. The Labute approximate surface area is 123 Å². The normalized spacial score (nSPS) is 15.7. The van der Waals surface area contributed by atoms with Crippen molar-refractivity contribution in [3.05, 3.63) is 22.4 Å². The van der Waals surface area contributed by atoms with Gasteiger partial charge < -0.3 is 10.2 Å². The quantitative estimate of drug-likeness (QED) is 0.819. The molecule has 0 aromatic carbocycles. The van der Waals surface area contributed by atoms with Crippen LogP contribution in [0.15, 0.2) is 17.5 Å². The lowest BCUT2D eigenvalue weighted by molar-refractivity contribution is 0.183. The minimum absolute atomic E-state index is 0.223. The highest BCUT2D eigenvalue weighted by molar-refractivity contribution is 7.09. The van der Waals surface area contributed by atoms with Crippen LogP contribution in [0.5, 0.6) is 0 Å². The van der Waals surface area contributed by atoms with E-state index in [0.29, 0.717) is 12.1 Å². The highest BCUT2D eigenvalue weighted by Crippen LogP contribution is 2.15. The minimum atomic E-state index is 0.223. The Bertz CT molecular complexity index is 340. The lowest BCUT2D eigenvalue weighted by Gasteiger charge is -2.31. The summed E-state index contributed by atoms with van der Waals surface area (Å²) in [6, 6.07) is 5.60. The van der Waals surface area contributed by atoms with E-state index in [1.54, 1.807) is 0 Å². The molecular formula is C16H30N2S. The minimum Gasteiger partial charge on any atom is -0.312 e. The molecule has 0 saturated carbocycles. The Morgan fingerprint density at radius 1 is 1.26 bits per heavy atom. The highest BCUT2D eigenvalue weighted by Gasteiger charge is 2.17. The zero-order valence-electron chi connectivity index (χ0n) is 13.4. The molecule has 110 valence electrons. The van der Waals surface area contributed by atoms with Gasteiger partial charge in [-0.15, -0.1) is 11.3 Å². The summed E-state index contributed by atoms with van der Waals surface area (Å²) in [5.41, 5.74) is 0.223. The van der Waals surface area contributed by atoms with E-state index >= 15 is 0 Å². The molecule has 0 aliphatic carbocycles. The topological polar surface area (TPSA) is 15.3 Å². The molecule has 0 spiro atoms. The maximum Gasteiger partial charge on any atom is 0.0115 e. The van der Waals surface area contributed by atoms with E-state index < -0.39 is 0 Å². The van der Waals surface area contributed by atoms with E-state index in [0.717, 1.165) is 13.0 Å². The third-order valence-electron chi connectivity index (χ3n) is 3.68. The van der Waals surface area contributed by atoms with Gasteiger partial charge in [0.15, 0.2) is 0 Å². The van der Waals surface area contributed by atoms with Gasteiger partial charge in [-0.3, -0.25) is 0 Å². The number of thiophene rings is 1. The van der Waals surface area contributed by atoms with Gasteiger partial charge in [0.1, 0.15) is 0 Å². The summed E-state index contributed by atoms with van der Waals surface area (Å²) in [5.74, 6) is 0. The van der Waals surface area contributed by atoms with Gasteiger partial charge in [-0.2, -0.15) is 0 Å². The number of hydrogen-bond acceptors (Lipinski definition) is 3. The summed E-state index contributed by atoms with van der Waals surface area (Å²) >= 11 is 1.86. The lowest BCUT2D eigenvalue weighted by atomic mass is 10.1. The molecule has 1 aromatic heterocycles. The standard InChI is InChI=1S/C16H30N2S/c1-13(9-10-17-16(3,4)5)18(6)14(2)12-15-8-7-11-19-15/h7-8,11,13-14,17H,9-10,12H2,1-6H3. The molecule has 1 rings (SSSR count). The largest absolute Gasteiger partial charge is 0.312 e. The van der Waals surface area contributed by atoms with Crippen molar-refractivity contribution in [1.82, 2.24) is 10.2 Å². The summed E-state index contributed by atoms with van der Waals surface area (Å²) in [4.78, 5) is 3.99. The van der Waals surface area contributed by atoms with Gasteiger partial charge >= 0.3 is 0 Å². The zero-order valence-corrected chi connectivity index (χ0v) is 14.2. The Morgan fingerprint density at radius 2 is 1.95 bits per heavy atom. The zero-order chi connectivity index (χ0) is 14.5. The maximum atomic E-state index is 3.57. The molecule has 0 saturated heterocycles. The van der Waals surface area contributed by atoms with Crippen molar-refractivity contribution in [1.29, 1.82) is 0 Å². The second-order valence-corrected chi connectivity index (χ2v) is 7.64. The van der Waals surface area contributed by atoms with Gasteiger partial charge in [0.25, 0.3) is 0 Å².